The lowest BCUT2D eigenvalue weighted by atomic mass is 10.0. The van der Waals surface area contributed by atoms with Crippen molar-refractivity contribution in [3.63, 3.8) is 0 Å². The first kappa shape index (κ1) is 12.6. The molecule has 0 saturated carbocycles. The van der Waals surface area contributed by atoms with Crippen LogP contribution < -0.4 is 10.6 Å². The molecule has 1 aliphatic heterocycles. The molecular weight excluding hydrogens is 214 g/mol. The number of rotatable bonds is 6. The number of aromatic nitrogens is 1. The molecule has 2 heterocycles. The number of nitrogens with zero attached hydrogens (tertiary/aromatic N) is 1. The van der Waals surface area contributed by atoms with E-state index in [9.17, 15) is 0 Å². The Bertz CT molecular complexity index is 318. The van der Waals surface area contributed by atoms with Crippen LogP contribution in [0.1, 0.15) is 37.3 Å². The highest BCUT2D eigenvalue weighted by atomic mass is 16.3. The molecule has 1 unspecified atom stereocenters. The zero-order valence-corrected chi connectivity index (χ0v) is 10.7. The lowest BCUT2D eigenvalue weighted by molar-refractivity contribution is 0.367. The van der Waals surface area contributed by atoms with Gasteiger partial charge in [0.15, 0.2) is 5.89 Å². The standard InChI is InChI=1S/C13H23N3O/c1-14-7-4-6-12-10-17-13(16-12)9-11-5-2-3-8-15-11/h10-11,14-15H,2-9H2,1H3. The van der Waals surface area contributed by atoms with Crippen LogP contribution >= 0.6 is 0 Å². The van der Waals surface area contributed by atoms with E-state index in [0.29, 0.717) is 6.04 Å². The van der Waals surface area contributed by atoms with Gasteiger partial charge in [-0.2, -0.15) is 0 Å². The van der Waals surface area contributed by atoms with Crippen LogP contribution in [0.15, 0.2) is 10.7 Å². The van der Waals surface area contributed by atoms with Crippen molar-refractivity contribution in [1.82, 2.24) is 15.6 Å². The van der Waals surface area contributed by atoms with E-state index in [-0.39, 0.29) is 0 Å². The smallest absolute Gasteiger partial charge is 0.195 e. The highest BCUT2D eigenvalue weighted by Crippen LogP contribution is 2.13. The van der Waals surface area contributed by atoms with Gasteiger partial charge in [0.2, 0.25) is 0 Å². The van der Waals surface area contributed by atoms with Gasteiger partial charge in [-0.25, -0.2) is 4.98 Å². The van der Waals surface area contributed by atoms with Gasteiger partial charge in [0.1, 0.15) is 6.26 Å². The van der Waals surface area contributed by atoms with Gasteiger partial charge < -0.3 is 15.1 Å². The fraction of sp³-hybridized carbons (Fsp3) is 0.769. The molecule has 17 heavy (non-hydrogen) atoms. The Morgan fingerprint density at radius 2 is 2.47 bits per heavy atom. The second kappa shape index (κ2) is 6.77. The molecule has 0 amide bonds. The third-order valence-electron chi connectivity index (χ3n) is 3.29. The molecule has 1 aromatic rings. The van der Waals surface area contributed by atoms with Gasteiger partial charge in [0.25, 0.3) is 0 Å². The van der Waals surface area contributed by atoms with Crippen molar-refractivity contribution in [2.75, 3.05) is 20.1 Å². The summed E-state index contributed by atoms with van der Waals surface area (Å²) in [5.41, 5.74) is 1.09. The summed E-state index contributed by atoms with van der Waals surface area (Å²) >= 11 is 0. The van der Waals surface area contributed by atoms with E-state index >= 15 is 0 Å². The minimum absolute atomic E-state index is 0.563. The molecule has 4 nitrogen and oxygen atoms in total. The maximum atomic E-state index is 5.53. The summed E-state index contributed by atoms with van der Waals surface area (Å²) in [5, 5.41) is 6.66. The summed E-state index contributed by atoms with van der Waals surface area (Å²) in [6.45, 7) is 2.17. The Morgan fingerprint density at radius 3 is 3.24 bits per heavy atom. The summed E-state index contributed by atoms with van der Waals surface area (Å²) in [6.07, 6.45) is 8.74. The van der Waals surface area contributed by atoms with E-state index in [0.717, 1.165) is 43.9 Å². The SMILES string of the molecule is CNCCCc1coc(CC2CCCCN2)n1. The van der Waals surface area contributed by atoms with E-state index < -0.39 is 0 Å². The normalized spacial score (nSPS) is 20.6. The van der Waals surface area contributed by atoms with Gasteiger partial charge in [-0.3, -0.25) is 0 Å². The van der Waals surface area contributed by atoms with Crippen molar-refractivity contribution >= 4 is 0 Å². The van der Waals surface area contributed by atoms with E-state index in [1.165, 1.54) is 19.3 Å². The molecule has 1 atom stereocenters. The predicted octanol–water partition coefficient (Wildman–Crippen LogP) is 1.51. The predicted molar refractivity (Wildman–Crippen MR) is 68.1 cm³/mol. The van der Waals surface area contributed by atoms with Crippen molar-refractivity contribution in [3.05, 3.63) is 17.8 Å². The third kappa shape index (κ3) is 4.13. The van der Waals surface area contributed by atoms with Crippen LogP contribution in [0.5, 0.6) is 0 Å². The number of hydrogen-bond acceptors (Lipinski definition) is 4. The largest absolute Gasteiger partial charge is 0.449 e. The minimum atomic E-state index is 0.563. The van der Waals surface area contributed by atoms with Crippen LogP contribution in [0, 0.1) is 0 Å². The molecule has 1 saturated heterocycles. The average molecular weight is 237 g/mol. The molecule has 4 heteroatoms. The molecule has 1 aromatic heterocycles. The molecule has 0 spiro atoms. The quantitative estimate of drug-likeness (QED) is 0.736. The lowest BCUT2D eigenvalue weighted by Crippen LogP contribution is -2.35. The van der Waals surface area contributed by atoms with Gasteiger partial charge in [0.05, 0.1) is 5.69 Å². The zero-order valence-electron chi connectivity index (χ0n) is 10.7. The first-order valence-electron chi connectivity index (χ1n) is 6.70. The van der Waals surface area contributed by atoms with E-state index in [4.69, 9.17) is 4.42 Å². The fourth-order valence-corrected chi connectivity index (χ4v) is 2.31. The second-order valence-corrected chi connectivity index (χ2v) is 4.79. The van der Waals surface area contributed by atoms with E-state index in [1.54, 1.807) is 0 Å². The Balaban J connectivity index is 1.76. The van der Waals surface area contributed by atoms with Crippen LogP contribution in [0.3, 0.4) is 0 Å². The number of aryl methyl sites for hydroxylation is 1. The third-order valence-corrected chi connectivity index (χ3v) is 3.29. The van der Waals surface area contributed by atoms with Crippen molar-refractivity contribution in [2.24, 2.45) is 0 Å². The monoisotopic (exact) mass is 237 g/mol. The first-order chi connectivity index (χ1) is 8.38. The maximum absolute atomic E-state index is 5.53. The van der Waals surface area contributed by atoms with Crippen LogP contribution in [0.2, 0.25) is 0 Å². The van der Waals surface area contributed by atoms with Gasteiger partial charge in [-0.1, -0.05) is 6.42 Å². The number of nitrogens with one attached hydrogen (secondary N) is 2. The molecule has 96 valence electrons. The van der Waals surface area contributed by atoms with Gasteiger partial charge in [-0.15, -0.1) is 0 Å². The summed E-state index contributed by atoms with van der Waals surface area (Å²) in [5.74, 6) is 0.892. The highest BCUT2D eigenvalue weighted by molar-refractivity contribution is 4.98. The molecule has 0 radical (unpaired) electrons. The first-order valence-corrected chi connectivity index (χ1v) is 6.70. The summed E-state index contributed by atoms with van der Waals surface area (Å²) in [6, 6.07) is 0.563. The highest BCUT2D eigenvalue weighted by Gasteiger charge is 2.15. The average Bonchev–Trinajstić information content (AvgIpc) is 2.79. The van der Waals surface area contributed by atoms with Gasteiger partial charge >= 0.3 is 0 Å². The van der Waals surface area contributed by atoms with Gasteiger partial charge in [0, 0.05) is 12.5 Å². The number of hydrogen-bond donors (Lipinski definition) is 2. The zero-order chi connectivity index (χ0) is 11.9. The summed E-state index contributed by atoms with van der Waals surface area (Å²) in [7, 11) is 1.98. The Hall–Kier alpha value is -0.870. The molecule has 2 N–H and O–H groups in total. The second-order valence-electron chi connectivity index (χ2n) is 4.79. The molecule has 0 bridgehead atoms. The molecule has 0 aliphatic carbocycles. The van der Waals surface area contributed by atoms with Gasteiger partial charge in [-0.05, 0) is 45.8 Å². The Kier molecular flexibility index (Phi) is 5.01. The lowest BCUT2D eigenvalue weighted by Gasteiger charge is -2.21. The van der Waals surface area contributed by atoms with E-state index in [2.05, 4.69) is 15.6 Å². The van der Waals surface area contributed by atoms with E-state index in [1.807, 2.05) is 13.3 Å². The van der Waals surface area contributed by atoms with Crippen LogP contribution in [0.25, 0.3) is 0 Å². The summed E-state index contributed by atoms with van der Waals surface area (Å²) < 4.78 is 5.53. The Labute approximate surface area is 103 Å². The fourth-order valence-electron chi connectivity index (χ4n) is 2.31. The maximum Gasteiger partial charge on any atom is 0.195 e. The van der Waals surface area contributed by atoms with Crippen LogP contribution in [-0.4, -0.2) is 31.2 Å². The Morgan fingerprint density at radius 1 is 1.53 bits per heavy atom. The van der Waals surface area contributed by atoms with Crippen molar-refractivity contribution in [2.45, 2.75) is 44.6 Å². The van der Waals surface area contributed by atoms with Crippen LogP contribution in [0.4, 0.5) is 0 Å². The van der Waals surface area contributed by atoms with Crippen molar-refractivity contribution in [1.29, 1.82) is 0 Å². The summed E-state index contributed by atoms with van der Waals surface area (Å²) in [4.78, 5) is 4.54. The topological polar surface area (TPSA) is 50.1 Å². The molecular formula is C13H23N3O. The molecule has 0 aromatic carbocycles. The molecule has 1 aliphatic rings. The minimum Gasteiger partial charge on any atom is -0.449 e. The number of oxazole rings is 1. The molecule has 2 rings (SSSR count). The van der Waals surface area contributed by atoms with Crippen molar-refractivity contribution < 1.29 is 4.42 Å². The molecule has 1 fully saturated rings. The van der Waals surface area contributed by atoms with Crippen molar-refractivity contribution in [3.8, 4) is 0 Å². The van der Waals surface area contributed by atoms with Crippen LogP contribution in [-0.2, 0) is 12.8 Å². The number of piperidine rings is 1.